The van der Waals surface area contributed by atoms with E-state index in [1.54, 1.807) is 10.8 Å². The normalized spacial score (nSPS) is 11.2. The number of benzene rings is 1. The molecule has 1 aromatic rings. The van der Waals surface area contributed by atoms with Crippen LogP contribution in [0.2, 0.25) is 25.1 Å². The first-order valence-electron chi connectivity index (χ1n) is 7.31. The zero-order valence-electron chi connectivity index (χ0n) is 12.4. The lowest BCUT2D eigenvalue weighted by Crippen LogP contribution is -1.84. The second kappa shape index (κ2) is 11.8. The van der Waals surface area contributed by atoms with E-state index in [2.05, 4.69) is 6.92 Å². The molecule has 0 saturated heterocycles. The molecule has 1 rings (SSSR count). The van der Waals surface area contributed by atoms with Crippen LogP contribution in [0.3, 0.4) is 0 Å². The summed E-state index contributed by atoms with van der Waals surface area (Å²) in [6.45, 7) is 2.24. The molecule has 0 aromatic heterocycles. The van der Waals surface area contributed by atoms with E-state index >= 15 is 0 Å². The minimum absolute atomic E-state index is 0.208. The van der Waals surface area contributed by atoms with Gasteiger partial charge in [-0.05, 0) is 6.42 Å². The lowest BCUT2D eigenvalue weighted by Gasteiger charge is -2.11. The third kappa shape index (κ3) is 6.70. The number of hydrogen-bond donors (Lipinski definition) is 0. The standard InChI is InChI=1S/C15H19Cl5S2/c1-2-3-4-5-6-7-8-9-21-22-15-13(19)11(17)10(16)12(18)14(15)20/h2-9H2,1H3. The molecule has 0 saturated carbocycles. The van der Waals surface area contributed by atoms with Gasteiger partial charge < -0.3 is 0 Å². The molecule has 0 radical (unpaired) electrons. The fourth-order valence-corrected chi connectivity index (χ4v) is 5.96. The molecule has 0 atom stereocenters. The second-order valence-electron chi connectivity index (χ2n) is 4.93. The predicted molar refractivity (Wildman–Crippen MR) is 108 cm³/mol. The molecule has 0 nitrogen and oxygen atoms in total. The Labute approximate surface area is 166 Å². The smallest absolute Gasteiger partial charge is 0.0809 e. The lowest BCUT2D eigenvalue weighted by molar-refractivity contribution is 0.604. The molecule has 0 unspecified atom stereocenters. The first-order chi connectivity index (χ1) is 10.5. The lowest BCUT2D eigenvalue weighted by atomic mass is 10.1. The summed E-state index contributed by atoms with van der Waals surface area (Å²) in [6.07, 6.45) is 9.09. The van der Waals surface area contributed by atoms with Crippen molar-refractivity contribution < 1.29 is 0 Å². The molecule has 7 heteroatoms. The van der Waals surface area contributed by atoms with Gasteiger partial charge in [0.05, 0.1) is 30.0 Å². The first-order valence-corrected chi connectivity index (χ1v) is 11.5. The van der Waals surface area contributed by atoms with Crippen LogP contribution in [0, 0.1) is 0 Å². The molecule has 0 fully saturated rings. The minimum atomic E-state index is 0.208. The van der Waals surface area contributed by atoms with Crippen molar-refractivity contribution in [2.45, 2.75) is 56.8 Å². The van der Waals surface area contributed by atoms with Crippen molar-refractivity contribution in [1.29, 1.82) is 0 Å². The number of hydrogen-bond acceptors (Lipinski definition) is 2. The van der Waals surface area contributed by atoms with Crippen LogP contribution in [0.1, 0.15) is 51.9 Å². The van der Waals surface area contributed by atoms with E-state index in [1.165, 1.54) is 55.7 Å². The Morgan fingerprint density at radius 2 is 1.09 bits per heavy atom. The molecule has 0 aliphatic rings. The van der Waals surface area contributed by atoms with Crippen molar-refractivity contribution in [3.63, 3.8) is 0 Å². The van der Waals surface area contributed by atoms with Crippen molar-refractivity contribution in [2.24, 2.45) is 0 Å². The van der Waals surface area contributed by atoms with Crippen LogP contribution in [-0.4, -0.2) is 5.75 Å². The molecule has 1 aromatic carbocycles. The van der Waals surface area contributed by atoms with Gasteiger partial charge in [0.25, 0.3) is 0 Å². The number of halogens is 5. The van der Waals surface area contributed by atoms with Crippen molar-refractivity contribution in [1.82, 2.24) is 0 Å². The van der Waals surface area contributed by atoms with Crippen LogP contribution in [-0.2, 0) is 0 Å². The van der Waals surface area contributed by atoms with Crippen LogP contribution in [0.25, 0.3) is 0 Å². The highest BCUT2D eigenvalue weighted by atomic mass is 35.5. The molecule has 22 heavy (non-hydrogen) atoms. The van der Waals surface area contributed by atoms with Gasteiger partial charge in [0.1, 0.15) is 0 Å². The molecular weight excluding hydrogens is 422 g/mol. The maximum Gasteiger partial charge on any atom is 0.0809 e. The molecule has 0 spiro atoms. The highest BCUT2D eigenvalue weighted by molar-refractivity contribution is 8.76. The Hall–Kier alpha value is 1.37. The Morgan fingerprint density at radius 1 is 0.636 bits per heavy atom. The average molecular weight is 441 g/mol. The molecule has 0 bridgehead atoms. The first kappa shape index (κ1) is 21.4. The Kier molecular flexibility index (Phi) is 11.5. The third-order valence-electron chi connectivity index (χ3n) is 3.14. The third-order valence-corrected chi connectivity index (χ3v) is 8.15. The van der Waals surface area contributed by atoms with E-state index < -0.39 is 0 Å². The van der Waals surface area contributed by atoms with Gasteiger partial charge in [-0.1, -0.05) is 125 Å². The SMILES string of the molecule is CCCCCCCCCSSc1c(Cl)c(Cl)c(Cl)c(Cl)c1Cl. The highest BCUT2D eigenvalue weighted by Gasteiger charge is 2.19. The quantitative estimate of drug-likeness (QED) is 0.154. The van der Waals surface area contributed by atoms with Crippen molar-refractivity contribution in [3.8, 4) is 0 Å². The largest absolute Gasteiger partial charge is 0.0888 e. The summed E-state index contributed by atoms with van der Waals surface area (Å²) >= 11 is 30.5. The summed E-state index contributed by atoms with van der Waals surface area (Å²) in [4.78, 5) is 0.690. The van der Waals surface area contributed by atoms with E-state index in [-0.39, 0.29) is 15.1 Å². The van der Waals surface area contributed by atoms with Gasteiger partial charge in [-0.25, -0.2) is 0 Å². The summed E-state index contributed by atoms with van der Waals surface area (Å²) in [5.74, 6) is 1.04. The molecule has 0 N–H and O–H groups in total. The van der Waals surface area contributed by atoms with Crippen molar-refractivity contribution in [3.05, 3.63) is 25.1 Å². The Morgan fingerprint density at radius 3 is 1.64 bits per heavy atom. The minimum Gasteiger partial charge on any atom is -0.0888 e. The molecule has 0 amide bonds. The highest BCUT2D eigenvalue weighted by Crippen LogP contribution is 2.50. The fraction of sp³-hybridized carbons (Fsp3) is 0.600. The molecule has 0 aliphatic carbocycles. The van der Waals surface area contributed by atoms with Gasteiger partial charge in [-0.15, -0.1) is 0 Å². The molecule has 126 valence electrons. The van der Waals surface area contributed by atoms with Gasteiger partial charge in [-0.2, -0.15) is 0 Å². The zero-order valence-corrected chi connectivity index (χ0v) is 17.8. The van der Waals surface area contributed by atoms with E-state index in [0.717, 1.165) is 5.75 Å². The number of rotatable bonds is 10. The van der Waals surface area contributed by atoms with Gasteiger partial charge in [-0.3, -0.25) is 0 Å². The van der Waals surface area contributed by atoms with E-state index in [9.17, 15) is 0 Å². The predicted octanol–water partition coefficient (Wildman–Crippen LogP) is 9.44. The van der Waals surface area contributed by atoms with Crippen LogP contribution in [0.4, 0.5) is 0 Å². The maximum absolute atomic E-state index is 6.19. The van der Waals surface area contributed by atoms with Crippen LogP contribution in [0.15, 0.2) is 4.90 Å². The van der Waals surface area contributed by atoms with Crippen molar-refractivity contribution in [2.75, 3.05) is 5.75 Å². The summed E-state index contributed by atoms with van der Waals surface area (Å²) < 4.78 is 0. The topological polar surface area (TPSA) is 0 Å². The van der Waals surface area contributed by atoms with Crippen LogP contribution < -0.4 is 0 Å². The van der Waals surface area contributed by atoms with E-state index in [4.69, 9.17) is 58.0 Å². The average Bonchev–Trinajstić information content (AvgIpc) is 2.52. The maximum atomic E-state index is 6.19. The number of unbranched alkanes of at least 4 members (excludes halogenated alkanes) is 6. The molecular formula is C15H19Cl5S2. The zero-order chi connectivity index (χ0) is 16.5. The Balaban J connectivity index is 2.34. The van der Waals surface area contributed by atoms with Crippen LogP contribution in [0.5, 0.6) is 0 Å². The summed E-state index contributed by atoms with van der Waals surface area (Å²) in [7, 11) is 3.22. The van der Waals surface area contributed by atoms with E-state index in [1.807, 2.05) is 0 Å². The summed E-state index contributed by atoms with van der Waals surface area (Å²) in [5, 5.41) is 1.48. The molecule has 0 heterocycles. The van der Waals surface area contributed by atoms with Gasteiger partial charge in [0.2, 0.25) is 0 Å². The fourth-order valence-electron chi connectivity index (χ4n) is 1.88. The van der Waals surface area contributed by atoms with Gasteiger partial charge in [0, 0.05) is 5.75 Å². The molecule has 0 aliphatic heterocycles. The monoisotopic (exact) mass is 438 g/mol. The van der Waals surface area contributed by atoms with Gasteiger partial charge >= 0.3 is 0 Å². The summed E-state index contributed by atoms with van der Waals surface area (Å²) in [5.41, 5.74) is 0. The van der Waals surface area contributed by atoms with Crippen LogP contribution >= 0.6 is 79.6 Å². The van der Waals surface area contributed by atoms with Crippen molar-refractivity contribution >= 4 is 79.6 Å². The Bertz CT molecular complexity index is 450. The van der Waals surface area contributed by atoms with Gasteiger partial charge in [0.15, 0.2) is 0 Å². The summed E-state index contributed by atoms with van der Waals surface area (Å²) in [6, 6.07) is 0. The second-order valence-corrected chi connectivity index (χ2v) is 9.24. The van der Waals surface area contributed by atoms with E-state index in [0.29, 0.717) is 14.9 Å².